The van der Waals surface area contributed by atoms with Crippen molar-refractivity contribution in [2.75, 3.05) is 43.4 Å². The number of aromatic amines is 1. The van der Waals surface area contributed by atoms with Crippen molar-refractivity contribution in [3.63, 3.8) is 0 Å². The average Bonchev–Trinajstić information content (AvgIpc) is 3.09. The Morgan fingerprint density at radius 1 is 1.25 bits per heavy atom. The van der Waals surface area contributed by atoms with Crippen molar-refractivity contribution < 1.29 is 4.79 Å². The van der Waals surface area contributed by atoms with Crippen LogP contribution < -0.4 is 10.2 Å². The number of benzene rings is 1. The minimum atomic E-state index is -0.242. The van der Waals surface area contributed by atoms with Crippen LogP contribution in [0.2, 0.25) is 0 Å². The molecule has 0 spiro atoms. The van der Waals surface area contributed by atoms with Gasteiger partial charge in [0.25, 0.3) is 5.91 Å². The molecule has 0 unspecified atom stereocenters. The number of anilines is 2. The molecule has 8 nitrogen and oxygen atoms in total. The van der Waals surface area contributed by atoms with E-state index in [0.717, 1.165) is 42.9 Å². The van der Waals surface area contributed by atoms with Crippen molar-refractivity contribution in [3.8, 4) is 6.07 Å². The van der Waals surface area contributed by atoms with Crippen LogP contribution in [0.25, 0.3) is 10.9 Å². The Balaban J connectivity index is 1.56. The van der Waals surface area contributed by atoms with E-state index in [4.69, 9.17) is 5.26 Å². The molecule has 1 aliphatic rings. The molecule has 2 N–H and O–H groups in total. The van der Waals surface area contributed by atoms with Crippen molar-refractivity contribution in [2.45, 2.75) is 6.92 Å². The number of hydrogen-bond acceptors (Lipinski definition) is 6. The van der Waals surface area contributed by atoms with E-state index in [1.165, 1.54) is 0 Å². The van der Waals surface area contributed by atoms with Crippen molar-refractivity contribution in [2.24, 2.45) is 0 Å². The molecule has 3 heterocycles. The highest BCUT2D eigenvalue weighted by Gasteiger charge is 2.18. The van der Waals surface area contributed by atoms with Gasteiger partial charge in [-0.15, -0.1) is 0 Å². The second kappa shape index (κ2) is 7.29. The first-order valence-corrected chi connectivity index (χ1v) is 9.15. The van der Waals surface area contributed by atoms with Crippen LogP contribution in [0, 0.1) is 18.3 Å². The highest BCUT2D eigenvalue weighted by atomic mass is 16.1. The summed E-state index contributed by atoms with van der Waals surface area (Å²) in [4.78, 5) is 21.7. The van der Waals surface area contributed by atoms with Gasteiger partial charge in [0.15, 0.2) is 5.82 Å². The molecule has 142 valence electrons. The second-order valence-corrected chi connectivity index (χ2v) is 7.04. The van der Waals surface area contributed by atoms with Crippen molar-refractivity contribution in [1.29, 1.82) is 5.26 Å². The number of H-pyrrole nitrogens is 1. The van der Waals surface area contributed by atoms with Crippen LogP contribution in [-0.4, -0.2) is 59.2 Å². The maximum atomic E-state index is 12.8. The molecule has 0 saturated carbocycles. The summed E-state index contributed by atoms with van der Waals surface area (Å²) in [6.45, 7) is 5.59. The Morgan fingerprint density at radius 3 is 2.79 bits per heavy atom. The average molecular weight is 375 g/mol. The number of pyridine rings is 1. The van der Waals surface area contributed by atoms with Gasteiger partial charge < -0.3 is 15.1 Å². The number of carbonyl (C=O) groups excluding carboxylic acids is 1. The largest absolute Gasteiger partial charge is 0.354 e. The number of nitrogens with one attached hydrogen (secondary N) is 2. The molecule has 1 aliphatic heterocycles. The Bertz CT molecular complexity index is 1070. The molecule has 0 radical (unpaired) electrons. The summed E-state index contributed by atoms with van der Waals surface area (Å²) in [6.07, 6.45) is 1.66. The summed E-state index contributed by atoms with van der Waals surface area (Å²) in [5.41, 5.74) is 2.67. The van der Waals surface area contributed by atoms with Crippen LogP contribution in [0.15, 0.2) is 30.5 Å². The van der Waals surface area contributed by atoms with E-state index < -0.39 is 0 Å². The number of nitrogens with zero attached hydrogens (tertiary/aromatic N) is 5. The van der Waals surface area contributed by atoms with Crippen LogP contribution in [0.3, 0.4) is 0 Å². The first kappa shape index (κ1) is 17.9. The van der Waals surface area contributed by atoms with Crippen molar-refractivity contribution in [1.82, 2.24) is 20.1 Å². The van der Waals surface area contributed by atoms with E-state index in [1.54, 1.807) is 18.3 Å². The fourth-order valence-corrected chi connectivity index (χ4v) is 3.34. The molecule has 0 bridgehead atoms. The molecule has 28 heavy (non-hydrogen) atoms. The first-order chi connectivity index (χ1) is 13.5. The van der Waals surface area contributed by atoms with Crippen LogP contribution in [0.4, 0.5) is 11.6 Å². The molecule has 1 amide bonds. The first-order valence-electron chi connectivity index (χ1n) is 9.15. The molecule has 3 aromatic rings. The Morgan fingerprint density at radius 2 is 2.04 bits per heavy atom. The molecular formula is C20H21N7O. The van der Waals surface area contributed by atoms with Gasteiger partial charge in [-0.2, -0.15) is 10.4 Å². The maximum absolute atomic E-state index is 12.8. The van der Waals surface area contributed by atoms with Crippen LogP contribution in [0.1, 0.15) is 21.5 Å². The van der Waals surface area contributed by atoms with Gasteiger partial charge in [-0.1, -0.05) is 0 Å². The van der Waals surface area contributed by atoms with Crippen molar-refractivity contribution >= 4 is 28.4 Å². The van der Waals surface area contributed by atoms with Gasteiger partial charge in [0.2, 0.25) is 0 Å². The predicted molar refractivity (Wildman–Crippen MR) is 107 cm³/mol. The molecular weight excluding hydrogens is 354 g/mol. The zero-order valence-corrected chi connectivity index (χ0v) is 15.9. The molecule has 1 aromatic carbocycles. The topological polar surface area (TPSA) is 101 Å². The van der Waals surface area contributed by atoms with Gasteiger partial charge >= 0.3 is 0 Å². The Hall–Kier alpha value is -3.44. The predicted octanol–water partition coefficient (Wildman–Crippen LogP) is 2.14. The third kappa shape index (κ3) is 3.40. The number of aromatic nitrogens is 3. The van der Waals surface area contributed by atoms with E-state index in [0.29, 0.717) is 22.5 Å². The lowest BCUT2D eigenvalue weighted by Crippen LogP contribution is -2.44. The minimum absolute atomic E-state index is 0.242. The maximum Gasteiger partial charge on any atom is 0.257 e. The molecule has 1 saturated heterocycles. The normalized spacial score (nSPS) is 14.8. The van der Waals surface area contributed by atoms with E-state index in [1.807, 2.05) is 19.1 Å². The number of piperazine rings is 1. The standard InChI is InChI=1S/C20H21N7O/c1-13-9-16-17(10-15(13)12-21)24-25-19(16)23-20(28)14-3-4-22-18(11-14)27-7-5-26(2)6-8-27/h3-4,9-11H,5-8H2,1-2H3,(H2,23,24,25,28). The lowest BCUT2D eigenvalue weighted by Gasteiger charge is -2.33. The Kier molecular flexibility index (Phi) is 4.67. The molecule has 0 aliphatic carbocycles. The highest BCUT2D eigenvalue weighted by molar-refractivity contribution is 6.08. The number of aryl methyl sites for hydroxylation is 1. The van der Waals surface area contributed by atoms with E-state index >= 15 is 0 Å². The van der Waals surface area contributed by atoms with Crippen LogP contribution in [0.5, 0.6) is 0 Å². The zero-order valence-electron chi connectivity index (χ0n) is 15.9. The smallest absolute Gasteiger partial charge is 0.257 e. The van der Waals surface area contributed by atoms with E-state index in [-0.39, 0.29) is 5.91 Å². The summed E-state index contributed by atoms with van der Waals surface area (Å²) in [5, 5.41) is 19.9. The van der Waals surface area contributed by atoms with Gasteiger partial charge in [0, 0.05) is 43.3 Å². The number of fused-ring (bicyclic) bond motifs is 1. The van der Waals surface area contributed by atoms with Gasteiger partial charge in [0.05, 0.1) is 17.1 Å². The van der Waals surface area contributed by atoms with Crippen LogP contribution in [-0.2, 0) is 0 Å². The monoisotopic (exact) mass is 375 g/mol. The SMILES string of the molecule is Cc1cc2c(NC(=O)c3ccnc(N4CCN(C)CC4)c3)n[nH]c2cc1C#N. The fraction of sp³-hybridized carbons (Fsp3) is 0.300. The number of nitriles is 1. The fourth-order valence-electron chi connectivity index (χ4n) is 3.34. The van der Waals surface area contributed by atoms with Gasteiger partial charge in [-0.25, -0.2) is 4.98 Å². The summed E-state index contributed by atoms with van der Waals surface area (Å²) < 4.78 is 0. The van der Waals surface area contributed by atoms with Gasteiger partial charge in [-0.3, -0.25) is 9.89 Å². The minimum Gasteiger partial charge on any atom is -0.354 e. The number of rotatable bonds is 3. The number of likely N-dealkylation sites (N-methyl/N-ethyl adjacent to an activating group) is 1. The third-order valence-corrected chi connectivity index (χ3v) is 5.10. The number of hydrogen-bond donors (Lipinski definition) is 2. The lowest BCUT2D eigenvalue weighted by atomic mass is 10.1. The molecule has 2 aromatic heterocycles. The summed E-state index contributed by atoms with van der Waals surface area (Å²) in [6, 6.07) is 9.26. The number of carbonyl (C=O) groups is 1. The molecule has 4 rings (SSSR count). The quantitative estimate of drug-likeness (QED) is 0.727. The lowest BCUT2D eigenvalue weighted by molar-refractivity contribution is 0.102. The van der Waals surface area contributed by atoms with Gasteiger partial charge in [-0.05, 0) is 43.8 Å². The van der Waals surface area contributed by atoms with E-state index in [2.05, 4.69) is 43.4 Å². The van der Waals surface area contributed by atoms with Crippen molar-refractivity contribution in [3.05, 3.63) is 47.2 Å². The molecule has 1 fully saturated rings. The molecule has 0 atom stereocenters. The van der Waals surface area contributed by atoms with Gasteiger partial charge in [0.1, 0.15) is 5.82 Å². The second-order valence-electron chi connectivity index (χ2n) is 7.04. The zero-order chi connectivity index (χ0) is 19.7. The van der Waals surface area contributed by atoms with Crippen LogP contribution >= 0.6 is 0 Å². The Labute approximate surface area is 162 Å². The number of amides is 1. The summed E-state index contributed by atoms with van der Waals surface area (Å²) in [7, 11) is 2.10. The summed E-state index contributed by atoms with van der Waals surface area (Å²) >= 11 is 0. The van der Waals surface area contributed by atoms with E-state index in [9.17, 15) is 4.79 Å². The molecule has 8 heteroatoms. The highest BCUT2D eigenvalue weighted by Crippen LogP contribution is 2.25. The third-order valence-electron chi connectivity index (χ3n) is 5.10. The summed E-state index contributed by atoms with van der Waals surface area (Å²) in [5.74, 6) is 1.01.